The Hall–Kier alpha value is -7.32. The smallest absolute Gasteiger partial charge is 0.0348 e. The zero-order chi connectivity index (χ0) is 38.3. The maximum atomic E-state index is 2.49. The average molecular weight is 761 g/mol. The number of hydrogen-bond acceptors (Lipinski definition) is 1. The van der Waals surface area contributed by atoms with Crippen LogP contribution in [0.2, 0.25) is 0 Å². The molecule has 270 valence electrons. The second-order valence-electron chi connectivity index (χ2n) is 16.2. The monoisotopic (exact) mass is 760 g/mol. The van der Waals surface area contributed by atoms with E-state index in [4.69, 9.17) is 0 Å². The van der Waals surface area contributed by atoms with Crippen LogP contribution in [0.25, 0.3) is 142 Å². The zero-order valence-electron chi connectivity index (χ0n) is 31.9. The summed E-state index contributed by atoms with van der Waals surface area (Å²) in [7, 11) is 0. The lowest BCUT2D eigenvalue weighted by Crippen LogP contribution is -1.95. The first-order valence-electron chi connectivity index (χ1n) is 20.5. The Kier molecular flexibility index (Phi) is 6.26. The topological polar surface area (TPSA) is 0 Å². The maximum Gasteiger partial charge on any atom is 0.0348 e. The van der Waals surface area contributed by atoms with Gasteiger partial charge in [0, 0.05) is 4.88 Å². The van der Waals surface area contributed by atoms with Gasteiger partial charge in [0.05, 0.1) is 0 Å². The van der Waals surface area contributed by atoms with Crippen LogP contribution in [0, 0.1) is 0 Å². The molecule has 59 heavy (non-hydrogen) atoms. The van der Waals surface area contributed by atoms with E-state index in [0.29, 0.717) is 0 Å². The summed E-state index contributed by atoms with van der Waals surface area (Å²) in [5, 5.41) is 17.9. The SMILES string of the molecule is c1ccc(-c2c3c(c(-c4ccccc4)c4c2ccc2c5cc6c(cc5ccc24)-c2ccc(-c4cccs4)c4cccc-6c24)-c2cccc4c2c-3cc2ccccc24)cc1. The standard InChI is InChI=1S/C58H32S/c1-3-12-33(13-4-1)52-46-28-25-38-43(24-23-36-30-48-44-27-26-39(51-22-11-29-59-51)41-19-9-20-42(54(41)44)49(48)32-47(36)38)56(46)53(34-14-5-2-6-15-34)57-45-21-10-18-40-37-17-8-7-16-35(37)31-50(55(40)45)58(52)57/h1-32H. The molecule has 0 nitrogen and oxygen atoms in total. The molecule has 0 bridgehead atoms. The molecule has 12 aromatic rings. The lowest BCUT2D eigenvalue weighted by molar-refractivity contribution is 1.63. The van der Waals surface area contributed by atoms with Gasteiger partial charge in [0.2, 0.25) is 0 Å². The van der Waals surface area contributed by atoms with E-state index in [1.165, 1.54) is 142 Å². The summed E-state index contributed by atoms with van der Waals surface area (Å²) in [6, 6.07) is 71.1. The van der Waals surface area contributed by atoms with Crippen LogP contribution in [0.1, 0.15) is 0 Å². The lowest BCUT2D eigenvalue weighted by Gasteiger charge is -2.22. The summed E-state index contributed by atoms with van der Waals surface area (Å²) in [5.41, 5.74) is 17.1. The summed E-state index contributed by atoms with van der Waals surface area (Å²) in [6.07, 6.45) is 0. The number of benzene rings is 11. The molecule has 0 aliphatic heterocycles. The van der Waals surface area contributed by atoms with Crippen molar-refractivity contribution in [3.05, 3.63) is 193 Å². The van der Waals surface area contributed by atoms with Crippen LogP contribution in [0.4, 0.5) is 0 Å². The second-order valence-corrected chi connectivity index (χ2v) is 17.2. The van der Waals surface area contributed by atoms with Gasteiger partial charge >= 0.3 is 0 Å². The Morgan fingerprint density at radius 2 is 0.847 bits per heavy atom. The molecule has 0 unspecified atom stereocenters. The minimum absolute atomic E-state index is 1.24. The van der Waals surface area contributed by atoms with E-state index in [0.717, 1.165) is 0 Å². The molecule has 2 aliphatic rings. The molecule has 0 radical (unpaired) electrons. The number of fused-ring (bicyclic) bond motifs is 13. The molecule has 14 rings (SSSR count). The van der Waals surface area contributed by atoms with Crippen molar-refractivity contribution in [1.29, 1.82) is 0 Å². The van der Waals surface area contributed by atoms with Crippen LogP contribution in [-0.2, 0) is 0 Å². The summed E-state index contributed by atoms with van der Waals surface area (Å²) < 4.78 is 0. The zero-order valence-corrected chi connectivity index (χ0v) is 32.7. The van der Waals surface area contributed by atoms with Gasteiger partial charge in [-0.15, -0.1) is 11.3 Å². The molecule has 0 amide bonds. The molecule has 0 atom stereocenters. The van der Waals surface area contributed by atoms with E-state index in [-0.39, 0.29) is 0 Å². The highest BCUT2D eigenvalue weighted by Gasteiger charge is 2.32. The van der Waals surface area contributed by atoms with Crippen molar-refractivity contribution in [3.63, 3.8) is 0 Å². The van der Waals surface area contributed by atoms with Crippen molar-refractivity contribution in [3.8, 4) is 77.2 Å². The predicted molar refractivity (Wildman–Crippen MR) is 255 cm³/mol. The van der Waals surface area contributed by atoms with Crippen LogP contribution < -0.4 is 0 Å². The highest BCUT2D eigenvalue weighted by molar-refractivity contribution is 7.13. The van der Waals surface area contributed by atoms with Crippen LogP contribution >= 0.6 is 11.3 Å². The molecular formula is C58H32S. The fraction of sp³-hybridized carbons (Fsp3) is 0. The van der Waals surface area contributed by atoms with Gasteiger partial charge in [0.1, 0.15) is 0 Å². The quantitative estimate of drug-likeness (QED) is 0.157. The van der Waals surface area contributed by atoms with E-state index in [1.807, 2.05) is 11.3 Å². The molecule has 0 fully saturated rings. The first-order chi connectivity index (χ1) is 29.3. The Morgan fingerprint density at radius 1 is 0.254 bits per heavy atom. The first-order valence-corrected chi connectivity index (χ1v) is 21.4. The van der Waals surface area contributed by atoms with E-state index in [2.05, 4.69) is 193 Å². The Bertz CT molecular complexity index is 3800. The molecule has 0 saturated heterocycles. The van der Waals surface area contributed by atoms with Gasteiger partial charge in [-0.3, -0.25) is 0 Å². The normalized spacial score (nSPS) is 12.4. The fourth-order valence-electron chi connectivity index (χ4n) is 11.0. The third-order valence-corrected chi connectivity index (χ3v) is 14.3. The van der Waals surface area contributed by atoms with Crippen LogP contribution in [0.5, 0.6) is 0 Å². The number of rotatable bonds is 3. The van der Waals surface area contributed by atoms with Crippen LogP contribution in [0.15, 0.2) is 193 Å². The van der Waals surface area contributed by atoms with Gasteiger partial charge in [-0.1, -0.05) is 164 Å². The molecule has 0 N–H and O–H groups in total. The van der Waals surface area contributed by atoms with Gasteiger partial charge in [0.25, 0.3) is 0 Å². The van der Waals surface area contributed by atoms with Gasteiger partial charge in [-0.25, -0.2) is 0 Å². The van der Waals surface area contributed by atoms with Gasteiger partial charge in [-0.05, 0) is 167 Å². The predicted octanol–water partition coefficient (Wildman–Crippen LogP) is 17.0. The van der Waals surface area contributed by atoms with Crippen molar-refractivity contribution in [1.82, 2.24) is 0 Å². The summed E-state index contributed by atoms with van der Waals surface area (Å²) >= 11 is 1.81. The van der Waals surface area contributed by atoms with E-state index >= 15 is 0 Å². The minimum atomic E-state index is 1.24. The third kappa shape index (κ3) is 4.17. The molecule has 0 saturated carbocycles. The average Bonchev–Trinajstić information content (AvgIpc) is 4.03. The second kappa shape index (κ2) is 11.6. The summed E-state index contributed by atoms with van der Waals surface area (Å²) in [6.45, 7) is 0. The molecule has 11 aromatic carbocycles. The van der Waals surface area contributed by atoms with E-state index in [1.54, 1.807) is 0 Å². The van der Waals surface area contributed by atoms with Crippen molar-refractivity contribution in [2.24, 2.45) is 0 Å². The van der Waals surface area contributed by atoms with Gasteiger partial charge in [-0.2, -0.15) is 0 Å². The van der Waals surface area contributed by atoms with Crippen LogP contribution in [-0.4, -0.2) is 0 Å². The summed E-state index contributed by atoms with van der Waals surface area (Å²) in [5.74, 6) is 0. The summed E-state index contributed by atoms with van der Waals surface area (Å²) in [4.78, 5) is 1.32. The molecular weight excluding hydrogens is 729 g/mol. The maximum absolute atomic E-state index is 2.49. The van der Waals surface area contributed by atoms with Gasteiger partial charge in [0.15, 0.2) is 0 Å². The van der Waals surface area contributed by atoms with E-state index < -0.39 is 0 Å². The lowest BCUT2D eigenvalue weighted by atomic mass is 9.80. The third-order valence-electron chi connectivity index (χ3n) is 13.4. The van der Waals surface area contributed by atoms with Crippen LogP contribution in [0.3, 0.4) is 0 Å². The largest absolute Gasteiger partial charge is 0.144 e. The first kappa shape index (κ1) is 31.7. The molecule has 1 heterocycles. The Labute approximate surface area is 344 Å². The van der Waals surface area contributed by atoms with Crippen molar-refractivity contribution in [2.45, 2.75) is 0 Å². The molecule has 2 aliphatic carbocycles. The Balaban J connectivity index is 1.13. The highest BCUT2D eigenvalue weighted by atomic mass is 32.1. The molecule has 1 aromatic heterocycles. The minimum Gasteiger partial charge on any atom is -0.144 e. The molecule has 0 spiro atoms. The number of hydrogen-bond donors (Lipinski definition) is 0. The number of thiophene rings is 1. The molecule has 1 heteroatoms. The fourth-order valence-corrected chi connectivity index (χ4v) is 11.8. The Morgan fingerprint density at radius 3 is 1.68 bits per heavy atom. The van der Waals surface area contributed by atoms with Crippen molar-refractivity contribution >= 4 is 76.0 Å². The van der Waals surface area contributed by atoms with Crippen molar-refractivity contribution in [2.75, 3.05) is 0 Å². The van der Waals surface area contributed by atoms with Crippen molar-refractivity contribution < 1.29 is 0 Å². The van der Waals surface area contributed by atoms with Gasteiger partial charge < -0.3 is 0 Å². The highest BCUT2D eigenvalue weighted by Crippen LogP contribution is 2.60. The van der Waals surface area contributed by atoms with E-state index in [9.17, 15) is 0 Å².